The number of aliphatic carboxylic acids is 1. The van der Waals surface area contributed by atoms with Gasteiger partial charge in [0.05, 0.1) is 12.6 Å². The fourth-order valence-corrected chi connectivity index (χ4v) is 4.68. The van der Waals surface area contributed by atoms with E-state index in [-0.39, 0.29) is 18.6 Å². The molecular weight excluding hydrogens is 550 g/mol. The number of aliphatic hydroxyl groups is 1. The van der Waals surface area contributed by atoms with Crippen molar-refractivity contribution < 1.29 is 34.5 Å². The predicted molar refractivity (Wildman–Crippen MR) is 155 cm³/mol. The number of hydrogen-bond donors (Lipinski definition) is 8. The normalized spacial score (nSPS) is 14.0. The van der Waals surface area contributed by atoms with Gasteiger partial charge in [0, 0.05) is 29.9 Å². The predicted octanol–water partition coefficient (Wildman–Crippen LogP) is 0.270. The zero-order valence-corrected chi connectivity index (χ0v) is 23.3. The van der Waals surface area contributed by atoms with Crippen molar-refractivity contribution in [3.8, 4) is 5.75 Å². The Labute approximate surface area is 241 Å². The number of fused-ring (bicyclic) bond motifs is 1. The van der Waals surface area contributed by atoms with Crippen LogP contribution < -0.4 is 21.7 Å². The number of aromatic nitrogens is 1. The van der Waals surface area contributed by atoms with Crippen molar-refractivity contribution in [2.75, 3.05) is 18.6 Å². The molecule has 0 aliphatic carbocycles. The van der Waals surface area contributed by atoms with E-state index in [1.165, 1.54) is 23.9 Å². The molecule has 12 nitrogen and oxygen atoms in total. The number of aromatic amines is 1. The Hall–Kier alpha value is -4.07. The van der Waals surface area contributed by atoms with E-state index < -0.39 is 54.5 Å². The Morgan fingerprint density at radius 1 is 0.902 bits per heavy atom. The zero-order valence-electron chi connectivity index (χ0n) is 22.5. The van der Waals surface area contributed by atoms with Crippen molar-refractivity contribution in [3.63, 3.8) is 0 Å². The highest BCUT2D eigenvalue weighted by Gasteiger charge is 2.30. The number of rotatable bonds is 15. The van der Waals surface area contributed by atoms with Gasteiger partial charge in [0.2, 0.25) is 17.7 Å². The van der Waals surface area contributed by atoms with E-state index in [0.29, 0.717) is 23.3 Å². The standard InChI is InChI=1S/C28H35N5O7S/c1-41-11-10-20(29)25(36)33-24(15-34)27(38)31-22(12-16-6-8-18(35)9-7-16)26(37)32-23(28(39)40)13-17-14-30-21-5-3-2-4-19(17)21/h2-9,14,20,22-24,30,34-35H,10-13,15,29H2,1H3,(H,31,38)(H,32,37)(H,33,36)(H,39,40). The van der Waals surface area contributed by atoms with Crippen LogP contribution in [0.2, 0.25) is 0 Å². The molecular formula is C28H35N5O7S. The molecule has 1 heterocycles. The highest BCUT2D eigenvalue weighted by atomic mass is 32.2. The molecule has 3 aromatic rings. The van der Waals surface area contributed by atoms with Crippen molar-refractivity contribution in [2.24, 2.45) is 5.73 Å². The van der Waals surface area contributed by atoms with Crippen LogP contribution in [0.4, 0.5) is 0 Å². The van der Waals surface area contributed by atoms with Crippen LogP contribution in [0.25, 0.3) is 10.9 Å². The summed E-state index contributed by atoms with van der Waals surface area (Å²) in [7, 11) is 0. The third-order valence-corrected chi connectivity index (χ3v) is 7.15. The second kappa shape index (κ2) is 15.1. The lowest BCUT2D eigenvalue weighted by Crippen LogP contribution is -2.58. The topological polar surface area (TPSA) is 207 Å². The Morgan fingerprint density at radius 3 is 2.20 bits per heavy atom. The number of aromatic hydroxyl groups is 1. The molecule has 0 spiro atoms. The minimum atomic E-state index is -1.39. The SMILES string of the molecule is CSCCC(N)C(=O)NC(CO)C(=O)NC(Cc1ccc(O)cc1)C(=O)NC(Cc1c[nH]c2ccccc12)C(=O)O. The Bertz CT molecular complexity index is 1350. The van der Waals surface area contributed by atoms with Crippen LogP contribution in [0.5, 0.6) is 5.75 Å². The van der Waals surface area contributed by atoms with Gasteiger partial charge in [-0.15, -0.1) is 0 Å². The molecule has 9 N–H and O–H groups in total. The summed E-state index contributed by atoms with van der Waals surface area (Å²) in [6, 6.07) is 8.42. The number of carboxylic acid groups (broad SMARTS) is 1. The first kappa shape index (κ1) is 31.5. The van der Waals surface area contributed by atoms with Crippen LogP contribution in [0.15, 0.2) is 54.7 Å². The number of hydrogen-bond acceptors (Lipinski definition) is 8. The van der Waals surface area contributed by atoms with Crippen LogP contribution in [0.1, 0.15) is 17.5 Å². The van der Waals surface area contributed by atoms with Crippen LogP contribution >= 0.6 is 11.8 Å². The van der Waals surface area contributed by atoms with Gasteiger partial charge in [0.15, 0.2) is 0 Å². The first-order valence-corrected chi connectivity index (χ1v) is 14.3. The van der Waals surface area contributed by atoms with Crippen molar-refractivity contribution in [3.05, 3.63) is 65.9 Å². The summed E-state index contributed by atoms with van der Waals surface area (Å²) < 4.78 is 0. The molecule has 4 unspecified atom stereocenters. The second-order valence-corrected chi connectivity index (χ2v) is 10.5. The minimum absolute atomic E-state index is 0.00401. The van der Waals surface area contributed by atoms with Gasteiger partial charge in [-0.1, -0.05) is 30.3 Å². The van der Waals surface area contributed by atoms with E-state index in [0.717, 1.165) is 10.9 Å². The quantitative estimate of drug-likeness (QED) is 0.123. The molecule has 3 amide bonds. The number of phenols is 1. The van der Waals surface area contributed by atoms with Crippen molar-refractivity contribution >= 4 is 46.4 Å². The molecule has 220 valence electrons. The molecule has 0 saturated heterocycles. The fourth-order valence-electron chi connectivity index (χ4n) is 4.19. The van der Waals surface area contributed by atoms with E-state index in [2.05, 4.69) is 20.9 Å². The Balaban J connectivity index is 1.77. The minimum Gasteiger partial charge on any atom is -0.508 e. The summed E-state index contributed by atoms with van der Waals surface area (Å²) >= 11 is 1.51. The van der Waals surface area contributed by atoms with Gasteiger partial charge in [-0.25, -0.2) is 4.79 Å². The number of nitrogens with one attached hydrogen (secondary N) is 4. The molecule has 0 bridgehead atoms. The largest absolute Gasteiger partial charge is 0.508 e. The summed E-state index contributed by atoms with van der Waals surface area (Å²) in [5, 5.41) is 37.5. The van der Waals surface area contributed by atoms with Gasteiger partial charge >= 0.3 is 5.97 Å². The van der Waals surface area contributed by atoms with Gasteiger partial charge in [-0.05, 0) is 47.8 Å². The second-order valence-electron chi connectivity index (χ2n) is 9.53. The number of benzene rings is 2. The average molecular weight is 586 g/mol. The summed E-state index contributed by atoms with van der Waals surface area (Å²) in [6.45, 7) is -0.751. The molecule has 3 rings (SSSR count). The van der Waals surface area contributed by atoms with Crippen molar-refractivity contribution in [1.29, 1.82) is 0 Å². The molecule has 0 radical (unpaired) electrons. The fraction of sp³-hybridized carbons (Fsp3) is 0.357. The monoisotopic (exact) mass is 585 g/mol. The lowest BCUT2D eigenvalue weighted by Gasteiger charge is -2.24. The van der Waals surface area contributed by atoms with Crippen LogP contribution in [0.3, 0.4) is 0 Å². The summed E-state index contributed by atoms with van der Waals surface area (Å²) in [5.41, 5.74) is 7.94. The van der Waals surface area contributed by atoms with E-state index in [1.807, 2.05) is 30.5 Å². The number of carboxylic acids is 1. The lowest BCUT2D eigenvalue weighted by atomic mass is 10.0. The summed E-state index contributed by atoms with van der Waals surface area (Å²) in [4.78, 5) is 54.1. The number of H-pyrrole nitrogens is 1. The van der Waals surface area contributed by atoms with Gasteiger partial charge in [-0.2, -0.15) is 11.8 Å². The van der Waals surface area contributed by atoms with Crippen molar-refractivity contribution in [1.82, 2.24) is 20.9 Å². The zero-order chi connectivity index (χ0) is 29.9. The highest BCUT2D eigenvalue weighted by Crippen LogP contribution is 2.19. The van der Waals surface area contributed by atoms with Gasteiger partial charge in [-0.3, -0.25) is 14.4 Å². The maximum absolute atomic E-state index is 13.4. The molecule has 2 aromatic carbocycles. The molecule has 0 saturated carbocycles. The van der Waals surface area contributed by atoms with E-state index in [4.69, 9.17) is 5.73 Å². The van der Waals surface area contributed by atoms with Gasteiger partial charge in [0.1, 0.15) is 23.9 Å². The van der Waals surface area contributed by atoms with Gasteiger partial charge in [0.25, 0.3) is 0 Å². The van der Waals surface area contributed by atoms with Crippen LogP contribution in [-0.4, -0.2) is 86.8 Å². The maximum Gasteiger partial charge on any atom is 0.326 e. The van der Waals surface area contributed by atoms with E-state index >= 15 is 0 Å². The molecule has 13 heteroatoms. The molecule has 0 aliphatic heterocycles. The summed E-state index contributed by atoms with van der Waals surface area (Å²) in [6.07, 6.45) is 3.83. The van der Waals surface area contributed by atoms with E-state index in [1.54, 1.807) is 18.3 Å². The smallest absolute Gasteiger partial charge is 0.326 e. The number of aliphatic hydroxyl groups excluding tert-OH is 1. The van der Waals surface area contributed by atoms with Crippen LogP contribution in [-0.2, 0) is 32.0 Å². The number of amides is 3. The van der Waals surface area contributed by atoms with Crippen molar-refractivity contribution in [2.45, 2.75) is 43.4 Å². The first-order chi connectivity index (χ1) is 19.6. The van der Waals surface area contributed by atoms with E-state index in [9.17, 15) is 34.5 Å². The Kier molecular flexibility index (Phi) is 11.6. The molecule has 0 aliphatic rings. The third kappa shape index (κ3) is 8.96. The number of para-hydroxylation sites is 1. The molecule has 41 heavy (non-hydrogen) atoms. The number of thioether (sulfide) groups is 1. The number of nitrogens with two attached hydrogens (primary N) is 1. The number of carbonyl (C=O) groups is 4. The highest BCUT2D eigenvalue weighted by molar-refractivity contribution is 7.98. The summed E-state index contributed by atoms with van der Waals surface area (Å²) in [5.74, 6) is -2.89. The third-order valence-electron chi connectivity index (χ3n) is 6.51. The van der Waals surface area contributed by atoms with Gasteiger partial charge < -0.3 is 42.0 Å². The molecule has 4 atom stereocenters. The molecule has 1 aromatic heterocycles. The maximum atomic E-state index is 13.4. The molecule has 0 fully saturated rings. The lowest BCUT2D eigenvalue weighted by molar-refractivity contribution is -0.142. The number of carbonyl (C=O) groups excluding carboxylic acids is 3. The van der Waals surface area contributed by atoms with Crippen LogP contribution in [0, 0.1) is 0 Å². The Morgan fingerprint density at radius 2 is 1.54 bits per heavy atom. The average Bonchev–Trinajstić information content (AvgIpc) is 3.37. The first-order valence-electron chi connectivity index (χ1n) is 12.9. The number of phenolic OH excluding ortho intramolecular Hbond substituents is 1.